The normalized spacial score (nSPS) is 25.2. The van der Waals surface area contributed by atoms with Gasteiger partial charge in [0.25, 0.3) is 0 Å². The van der Waals surface area contributed by atoms with Crippen molar-refractivity contribution in [2.45, 2.75) is 48.8 Å². The van der Waals surface area contributed by atoms with Crippen LogP contribution < -0.4 is 5.32 Å². The van der Waals surface area contributed by atoms with Crippen molar-refractivity contribution in [3.8, 4) is 0 Å². The first-order valence-corrected chi connectivity index (χ1v) is 8.61. The van der Waals surface area contributed by atoms with Crippen molar-refractivity contribution >= 4 is 26.7 Å². The summed E-state index contributed by atoms with van der Waals surface area (Å²) in [5, 5.41) is 3.85. The molecule has 1 aliphatic rings. The maximum absolute atomic E-state index is 12.5. The SMILES string of the molecule is CCCNC1CCC(S(=O)c2cccc(Br)c2)C1. The quantitative estimate of drug-likeness (QED) is 0.896. The lowest BCUT2D eigenvalue weighted by molar-refractivity contribution is 0.523. The van der Waals surface area contributed by atoms with Crippen LogP contribution in [-0.4, -0.2) is 22.0 Å². The first kappa shape index (κ1) is 14.2. The molecule has 0 aliphatic heterocycles. The summed E-state index contributed by atoms with van der Waals surface area (Å²) in [6, 6.07) is 8.43. The van der Waals surface area contributed by atoms with E-state index >= 15 is 0 Å². The molecule has 1 aromatic rings. The molecule has 0 amide bonds. The van der Waals surface area contributed by atoms with Gasteiger partial charge in [0.15, 0.2) is 0 Å². The van der Waals surface area contributed by atoms with Gasteiger partial charge in [-0.15, -0.1) is 0 Å². The minimum Gasteiger partial charge on any atom is -0.314 e. The van der Waals surface area contributed by atoms with Crippen LogP contribution in [0.1, 0.15) is 32.6 Å². The van der Waals surface area contributed by atoms with Crippen LogP contribution in [0.15, 0.2) is 33.6 Å². The molecule has 1 N–H and O–H groups in total. The van der Waals surface area contributed by atoms with Gasteiger partial charge in [-0.1, -0.05) is 28.9 Å². The summed E-state index contributed by atoms with van der Waals surface area (Å²) < 4.78 is 13.5. The third-order valence-corrected chi connectivity index (χ3v) is 5.64. The summed E-state index contributed by atoms with van der Waals surface area (Å²) in [4.78, 5) is 0.950. The van der Waals surface area contributed by atoms with E-state index in [2.05, 4.69) is 28.2 Å². The number of benzene rings is 1. The summed E-state index contributed by atoms with van der Waals surface area (Å²) in [5.41, 5.74) is 0. The summed E-state index contributed by atoms with van der Waals surface area (Å²) in [6.07, 6.45) is 4.43. The van der Waals surface area contributed by atoms with Crippen LogP contribution in [0.25, 0.3) is 0 Å². The number of nitrogens with one attached hydrogen (secondary N) is 1. The predicted molar refractivity (Wildman–Crippen MR) is 80.3 cm³/mol. The van der Waals surface area contributed by atoms with E-state index in [1.165, 1.54) is 0 Å². The van der Waals surface area contributed by atoms with E-state index in [1.807, 2.05) is 24.3 Å². The monoisotopic (exact) mass is 329 g/mol. The highest BCUT2D eigenvalue weighted by molar-refractivity contribution is 9.10. The molecule has 0 bridgehead atoms. The zero-order valence-electron chi connectivity index (χ0n) is 10.7. The van der Waals surface area contributed by atoms with E-state index in [0.29, 0.717) is 11.3 Å². The Hall–Kier alpha value is -0.190. The van der Waals surface area contributed by atoms with Crippen molar-refractivity contribution in [2.75, 3.05) is 6.54 Å². The zero-order chi connectivity index (χ0) is 13.0. The van der Waals surface area contributed by atoms with Crippen LogP contribution in [0.2, 0.25) is 0 Å². The molecule has 1 saturated carbocycles. The van der Waals surface area contributed by atoms with Gasteiger partial charge in [-0.05, 0) is 50.4 Å². The van der Waals surface area contributed by atoms with Crippen LogP contribution in [0.3, 0.4) is 0 Å². The minimum absolute atomic E-state index is 0.314. The van der Waals surface area contributed by atoms with Gasteiger partial charge in [0.2, 0.25) is 0 Å². The third kappa shape index (κ3) is 3.65. The molecule has 2 nitrogen and oxygen atoms in total. The highest BCUT2D eigenvalue weighted by atomic mass is 79.9. The first-order chi connectivity index (χ1) is 8.70. The molecule has 0 radical (unpaired) electrons. The van der Waals surface area contributed by atoms with Crippen LogP contribution in [0, 0.1) is 0 Å². The van der Waals surface area contributed by atoms with Gasteiger partial charge in [-0.25, -0.2) is 0 Å². The Bertz CT molecular complexity index is 424. The Morgan fingerprint density at radius 2 is 2.28 bits per heavy atom. The maximum Gasteiger partial charge on any atom is 0.0561 e. The topological polar surface area (TPSA) is 29.1 Å². The van der Waals surface area contributed by atoms with Crippen LogP contribution >= 0.6 is 15.9 Å². The summed E-state index contributed by atoms with van der Waals surface area (Å²) >= 11 is 3.44. The number of halogens is 1. The Kier molecular flexibility index (Phi) is 5.39. The van der Waals surface area contributed by atoms with Crippen molar-refractivity contribution in [3.05, 3.63) is 28.7 Å². The largest absolute Gasteiger partial charge is 0.314 e. The second-order valence-corrected chi connectivity index (χ2v) is 7.49. The van der Waals surface area contributed by atoms with E-state index in [-0.39, 0.29) is 0 Å². The zero-order valence-corrected chi connectivity index (χ0v) is 13.1. The third-order valence-electron chi connectivity index (χ3n) is 3.40. The smallest absolute Gasteiger partial charge is 0.0561 e. The molecular weight excluding hydrogens is 310 g/mol. The van der Waals surface area contributed by atoms with E-state index < -0.39 is 10.8 Å². The number of rotatable bonds is 5. The second kappa shape index (κ2) is 6.83. The van der Waals surface area contributed by atoms with Crippen LogP contribution in [0.5, 0.6) is 0 Å². The minimum atomic E-state index is -0.865. The molecule has 18 heavy (non-hydrogen) atoms. The Labute approximate surface area is 120 Å². The molecule has 3 atom stereocenters. The molecule has 0 spiro atoms. The van der Waals surface area contributed by atoms with E-state index in [4.69, 9.17) is 0 Å². The van der Waals surface area contributed by atoms with Crippen molar-refractivity contribution in [2.24, 2.45) is 0 Å². The van der Waals surface area contributed by atoms with Crippen LogP contribution in [0.4, 0.5) is 0 Å². The average Bonchev–Trinajstić information content (AvgIpc) is 2.84. The molecule has 0 saturated heterocycles. The molecular formula is C14H20BrNOS. The van der Waals surface area contributed by atoms with E-state index in [9.17, 15) is 4.21 Å². The van der Waals surface area contributed by atoms with E-state index in [0.717, 1.165) is 41.6 Å². The fraction of sp³-hybridized carbons (Fsp3) is 0.571. The molecule has 1 aliphatic carbocycles. The van der Waals surface area contributed by atoms with Gasteiger partial charge in [-0.2, -0.15) is 0 Å². The molecule has 0 heterocycles. The van der Waals surface area contributed by atoms with Crippen molar-refractivity contribution in [1.82, 2.24) is 5.32 Å². The molecule has 1 fully saturated rings. The Morgan fingerprint density at radius 1 is 1.44 bits per heavy atom. The highest BCUT2D eigenvalue weighted by Crippen LogP contribution is 2.28. The number of hydrogen-bond acceptors (Lipinski definition) is 2. The Balaban J connectivity index is 1.95. The van der Waals surface area contributed by atoms with Crippen molar-refractivity contribution < 1.29 is 4.21 Å². The first-order valence-electron chi connectivity index (χ1n) is 6.60. The average molecular weight is 330 g/mol. The lowest BCUT2D eigenvalue weighted by Gasteiger charge is -2.12. The molecule has 1 aromatic carbocycles. The summed E-state index contributed by atoms with van der Waals surface area (Å²) in [5.74, 6) is 0. The van der Waals surface area contributed by atoms with Gasteiger partial charge in [0, 0.05) is 20.7 Å². The van der Waals surface area contributed by atoms with Gasteiger partial charge in [0.1, 0.15) is 0 Å². The van der Waals surface area contributed by atoms with Crippen LogP contribution in [-0.2, 0) is 10.8 Å². The molecule has 100 valence electrons. The maximum atomic E-state index is 12.5. The molecule has 2 rings (SSSR count). The lowest BCUT2D eigenvalue weighted by atomic mass is 10.2. The highest BCUT2D eigenvalue weighted by Gasteiger charge is 2.29. The number of hydrogen-bond donors (Lipinski definition) is 1. The molecule has 0 aromatic heterocycles. The molecule has 3 unspecified atom stereocenters. The summed E-state index contributed by atoms with van der Waals surface area (Å²) in [7, 11) is -0.865. The standard InChI is InChI=1S/C14H20BrNOS/c1-2-8-16-12-6-7-14(10-12)18(17)13-5-3-4-11(15)9-13/h3-5,9,12,14,16H,2,6-8,10H2,1H3. The fourth-order valence-electron chi connectivity index (χ4n) is 2.45. The van der Waals surface area contributed by atoms with Gasteiger partial charge in [-0.3, -0.25) is 4.21 Å². The van der Waals surface area contributed by atoms with Gasteiger partial charge >= 0.3 is 0 Å². The summed E-state index contributed by atoms with van der Waals surface area (Å²) in [6.45, 7) is 3.25. The predicted octanol–water partition coefficient (Wildman–Crippen LogP) is 3.48. The van der Waals surface area contributed by atoms with Crippen molar-refractivity contribution in [3.63, 3.8) is 0 Å². The second-order valence-electron chi connectivity index (χ2n) is 4.84. The molecule has 4 heteroatoms. The van der Waals surface area contributed by atoms with Crippen molar-refractivity contribution in [1.29, 1.82) is 0 Å². The fourth-order valence-corrected chi connectivity index (χ4v) is 4.60. The lowest BCUT2D eigenvalue weighted by Crippen LogP contribution is -2.28. The Morgan fingerprint density at radius 3 is 3.00 bits per heavy atom. The van der Waals surface area contributed by atoms with Gasteiger partial charge < -0.3 is 5.32 Å². The van der Waals surface area contributed by atoms with Gasteiger partial charge in [0.05, 0.1) is 10.8 Å². The van der Waals surface area contributed by atoms with E-state index in [1.54, 1.807) is 0 Å².